The smallest absolute Gasteiger partial charge is 0.139 e. The van der Waals surface area contributed by atoms with Crippen LogP contribution in [0.4, 0.5) is 0 Å². The fraction of sp³-hybridized carbons (Fsp3) is 0.273. The number of nitroso groups, excluding NO2 is 1. The van der Waals surface area contributed by atoms with Gasteiger partial charge in [-0.25, -0.2) is 0 Å². The highest BCUT2D eigenvalue weighted by Crippen LogP contribution is 2.31. The van der Waals surface area contributed by atoms with Crippen molar-refractivity contribution in [1.29, 1.82) is 0 Å². The molecule has 0 spiro atoms. The summed E-state index contributed by atoms with van der Waals surface area (Å²) in [5.74, 6) is 0.624. The normalized spacial score (nSPS) is 12.4. The van der Waals surface area contributed by atoms with Crippen LogP contribution in [-0.4, -0.2) is 10.1 Å². The molecule has 1 unspecified atom stereocenters. The minimum atomic E-state index is -0.464. The third kappa shape index (κ3) is 1.71. The van der Waals surface area contributed by atoms with Gasteiger partial charge in [0.1, 0.15) is 17.5 Å². The summed E-state index contributed by atoms with van der Waals surface area (Å²) in [6.45, 7) is 3.49. The fourth-order valence-electron chi connectivity index (χ4n) is 1.64. The summed E-state index contributed by atoms with van der Waals surface area (Å²) in [5, 5.41) is 6.97. The summed E-state index contributed by atoms with van der Waals surface area (Å²) in [6.07, 6.45) is 3.34. The number of nitrogens with zero attached hydrogens (tertiary/aromatic N) is 3. The van der Waals surface area contributed by atoms with Crippen molar-refractivity contribution in [2.24, 2.45) is 5.18 Å². The number of rotatable bonds is 3. The Morgan fingerprint density at radius 1 is 1.38 bits per heavy atom. The highest BCUT2D eigenvalue weighted by atomic mass is 16.5. The topological polar surface area (TPSA) is 68.3 Å². The molecule has 0 bridgehead atoms. The van der Waals surface area contributed by atoms with Crippen LogP contribution in [-0.2, 0) is 0 Å². The molecule has 1 atom stereocenters. The van der Waals surface area contributed by atoms with E-state index in [4.69, 9.17) is 4.52 Å². The van der Waals surface area contributed by atoms with E-state index in [1.807, 2.05) is 12.1 Å². The minimum absolute atomic E-state index is 0.464. The van der Waals surface area contributed by atoms with Gasteiger partial charge >= 0.3 is 0 Å². The average Bonchev–Trinajstić information content (AvgIpc) is 2.71. The lowest BCUT2D eigenvalue weighted by Gasteiger charge is -2.03. The van der Waals surface area contributed by atoms with Crippen molar-refractivity contribution in [3.63, 3.8) is 0 Å². The lowest BCUT2D eigenvalue weighted by atomic mass is 10.0. The molecule has 0 N–H and O–H groups in total. The third-order valence-electron chi connectivity index (χ3n) is 2.44. The number of pyridine rings is 1. The van der Waals surface area contributed by atoms with Crippen molar-refractivity contribution in [2.45, 2.75) is 19.9 Å². The maximum atomic E-state index is 10.6. The monoisotopic (exact) mass is 217 g/mol. The van der Waals surface area contributed by atoms with Gasteiger partial charge in [0, 0.05) is 18.0 Å². The van der Waals surface area contributed by atoms with E-state index < -0.39 is 6.04 Å². The van der Waals surface area contributed by atoms with E-state index in [0.29, 0.717) is 11.5 Å². The number of aryl methyl sites for hydroxylation is 1. The summed E-state index contributed by atoms with van der Waals surface area (Å²) in [4.78, 5) is 14.5. The second-order valence-electron chi connectivity index (χ2n) is 3.52. The van der Waals surface area contributed by atoms with Crippen LogP contribution in [0, 0.1) is 11.8 Å². The van der Waals surface area contributed by atoms with Crippen LogP contribution in [0.15, 0.2) is 34.2 Å². The Kier molecular flexibility index (Phi) is 2.76. The Morgan fingerprint density at radius 2 is 2.06 bits per heavy atom. The van der Waals surface area contributed by atoms with Gasteiger partial charge in [0.15, 0.2) is 0 Å². The summed E-state index contributed by atoms with van der Waals surface area (Å²) in [5.41, 5.74) is 2.27. The molecule has 5 nitrogen and oxygen atoms in total. The molecule has 0 aromatic carbocycles. The number of aromatic nitrogens is 2. The van der Waals surface area contributed by atoms with Crippen LogP contribution >= 0.6 is 0 Å². The van der Waals surface area contributed by atoms with Gasteiger partial charge in [-0.15, -0.1) is 0 Å². The molecule has 0 radical (unpaired) electrons. The Balaban J connectivity index is 2.54. The molecule has 2 rings (SSSR count). The molecule has 2 aromatic rings. The van der Waals surface area contributed by atoms with Crippen LogP contribution in [0.1, 0.15) is 24.3 Å². The standard InChI is InChI=1S/C11H11N3O2/c1-7(13-15)10-8(2)16-14-11(10)9-3-5-12-6-4-9/h3-7H,1-2H3. The predicted octanol–water partition coefficient (Wildman–Crippen LogP) is 2.87. The Hall–Kier alpha value is -2.04. The minimum Gasteiger partial charge on any atom is -0.361 e. The summed E-state index contributed by atoms with van der Waals surface area (Å²) >= 11 is 0. The highest BCUT2D eigenvalue weighted by Gasteiger charge is 2.20. The van der Waals surface area contributed by atoms with Gasteiger partial charge in [-0.05, 0) is 26.0 Å². The zero-order valence-electron chi connectivity index (χ0n) is 9.04. The molecule has 0 saturated heterocycles. The SMILES string of the molecule is Cc1onc(-c2ccncc2)c1C(C)N=O. The van der Waals surface area contributed by atoms with Crippen molar-refractivity contribution in [3.8, 4) is 11.3 Å². The molecular weight excluding hydrogens is 206 g/mol. The molecule has 0 saturated carbocycles. The van der Waals surface area contributed by atoms with Crippen molar-refractivity contribution < 1.29 is 4.52 Å². The lowest BCUT2D eigenvalue weighted by Crippen LogP contribution is -1.92. The van der Waals surface area contributed by atoms with E-state index in [0.717, 1.165) is 11.1 Å². The third-order valence-corrected chi connectivity index (χ3v) is 2.44. The van der Waals surface area contributed by atoms with Crippen LogP contribution in [0.3, 0.4) is 0 Å². The first kappa shape index (κ1) is 10.5. The van der Waals surface area contributed by atoms with Gasteiger partial charge < -0.3 is 4.52 Å². The molecule has 0 aliphatic rings. The molecular formula is C11H11N3O2. The first-order valence-electron chi connectivity index (χ1n) is 4.93. The van der Waals surface area contributed by atoms with Gasteiger partial charge in [0.05, 0.1) is 5.56 Å². The molecule has 0 fully saturated rings. The molecule has 0 amide bonds. The second kappa shape index (κ2) is 4.22. The molecule has 0 aliphatic carbocycles. The molecule has 5 heteroatoms. The van der Waals surface area contributed by atoms with E-state index >= 15 is 0 Å². The predicted molar refractivity (Wildman–Crippen MR) is 58.7 cm³/mol. The largest absolute Gasteiger partial charge is 0.361 e. The van der Waals surface area contributed by atoms with Crippen molar-refractivity contribution >= 4 is 0 Å². The fourth-order valence-corrected chi connectivity index (χ4v) is 1.64. The van der Waals surface area contributed by atoms with E-state index in [9.17, 15) is 4.91 Å². The zero-order valence-corrected chi connectivity index (χ0v) is 9.04. The van der Waals surface area contributed by atoms with Crippen molar-refractivity contribution in [1.82, 2.24) is 10.1 Å². The van der Waals surface area contributed by atoms with Crippen LogP contribution < -0.4 is 0 Å². The van der Waals surface area contributed by atoms with Gasteiger partial charge in [0.25, 0.3) is 0 Å². The average molecular weight is 217 g/mol. The van der Waals surface area contributed by atoms with Crippen LogP contribution in [0.25, 0.3) is 11.3 Å². The van der Waals surface area contributed by atoms with E-state index in [-0.39, 0.29) is 0 Å². The number of hydrogen-bond acceptors (Lipinski definition) is 5. The van der Waals surface area contributed by atoms with Gasteiger partial charge in [-0.2, -0.15) is 4.91 Å². The maximum Gasteiger partial charge on any atom is 0.139 e. The Morgan fingerprint density at radius 3 is 2.69 bits per heavy atom. The number of hydrogen-bond donors (Lipinski definition) is 0. The molecule has 0 aliphatic heterocycles. The van der Waals surface area contributed by atoms with E-state index in [1.165, 1.54) is 0 Å². The maximum absolute atomic E-state index is 10.6. The van der Waals surface area contributed by atoms with Crippen molar-refractivity contribution in [2.75, 3.05) is 0 Å². The van der Waals surface area contributed by atoms with E-state index in [2.05, 4.69) is 15.3 Å². The lowest BCUT2D eigenvalue weighted by molar-refractivity contribution is 0.397. The zero-order chi connectivity index (χ0) is 11.5. The van der Waals surface area contributed by atoms with Gasteiger partial charge in [0.2, 0.25) is 0 Å². The molecule has 82 valence electrons. The van der Waals surface area contributed by atoms with Crippen molar-refractivity contribution in [3.05, 3.63) is 40.8 Å². The summed E-state index contributed by atoms with van der Waals surface area (Å²) < 4.78 is 5.10. The van der Waals surface area contributed by atoms with Crippen LogP contribution in [0.2, 0.25) is 0 Å². The second-order valence-corrected chi connectivity index (χ2v) is 3.52. The summed E-state index contributed by atoms with van der Waals surface area (Å²) in [6, 6.07) is 3.17. The summed E-state index contributed by atoms with van der Waals surface area (Å²) in [7, 11) is 0. The Labute approximate surface area is 92.5 Å². The van der Waals surface area contributed by atoms with Gasteiger partial charge in [-0.1, -0.05) is 10.3 Å². The molecule has 2 aromatic heterocycles. The Bertz CT molecular complexity index is 493. The van der Waals surface area contributed by atoms with Crippen LogP contribution in [0.5, 0.6) is 0 Å². The highest BCUT2D eigenvalue weighted by molar-refractivity contribution is 5.63. The first-order chi connectivity index (χ1) is 7.74. The van der Waals surface area contributed by atoms with Gasteiger partial charge in [-0.3, -0.25) is 4.98 Å². The first-order valence-corrected chi connectivity index (χ1v) is 4.93. The quantitative estimate of drug-likeness (QED) is 0.741. The molecule has 2 heterocycles. The van der Waals surface area contributed by atoms with E-state index in [1.54, 1.807) is 26.2 Å². The molecule has 16 heavy (non-hydrogen) atoms.